The molecule has 4 atom stereocenters. The maximum absolute atomic E-state index is 12.8. The van der Waals surface area contributed by atoms with Crippen LogP contribution in [0.1, 0.15) is 56.6 Å². The van der Waals surface area contributed by atoms with E-state index in [2.05, 4.69) is 17.6 Å². The summed E-state index contributed by atoms with van der Waals surface area (Å²) in [4.78, 5) is 24.1. The number of hydrogen-bond donors (Lipinski definition) is 5. The van der Waals surface area contributed by atoms with Crippen LogP contribution in [-0.2, 0) is 16.0 Å². The average molecular weight is 487 g/mol. The fourth-order valence-corrected chi connectivity index (χ4v) is 4.07. The van der Waals surface area contributed by atoms with Crippen LogP contribution in [0.4, 0.5) is 0 Å². The molecule has 1 amide bonds. The van der Waals surface area contributed by atoms with Crippen LogP contribution >= 0.6 is 0 Å². The van der Waals surface area contributed by atoms with Gasteiger partial charge in [-0.05, 0) is 68.3 Å². The fraction of sp³-hybridized carbons (Fsp3) is 0.481. The fourth-order valence-electron chi connectivity index (χ4n) is 4.07. The van der Waals surface area contributed by atoms with Crippen LogP contribution in [0.2, 0.25) is 0 Å². The predicted octanol–water partition coefficient (Wildman–Crippen LogP) is 3.22. The maximum atomic E-state index is 12.8. The number of aryl methyl sites for hydroxylation is 1. The van der Waals surface area contributed by atoms with Crippen LogP contribution in [0.5, 0.6) is 11.5 Å². The van der Waals surface area contributed by atoms with Gasteiger partial charge in [-0.15, -0.1) is 0 Å². The van der Waals surface area contributed by atoms with E-state index in [1.54, 1.807) is 19.1 Å². The normalized spacial score (nSPS) is 14.5. The minimum absolute atomic E-state index is 0.0613. The number of aliphatic hydroxyl groups excluding tert-OH is 1. The van der Waals surface area contributed by atoms with E-state index >= 15 is 0 Å². The Morgan fingerprint density at radius 3 is 2.43 bits per heavy atom. The minimum Gasteiger partial charge on any atom is -0.504 e. The van der Waals surface area contributed by atoms with Crippen molar-refractivity contribution >= 4 is 11.9 Å². The number of aliphatic hydroxyl groups is 1. The molecule has 0 aromatic heterocycles. The molecule has 0 heterocycles. The Morgan fingerprint density at radius 1 is 1.11 bits per heavy atom. The number of carbonyl (C=O) groups is 2. The lowest BCUT2D eigenvalue weighted by Gasteiger charge is -2.26. The van der Waals surface area contributed by atoms with Crippen molar-refractivity contribution in [2.24, 2.45) is 0 Å². The second-order valence-electron chi connectivity index (χ2n) is 8.83. The molecular formula is C27H38N2O6. The highest BCUT2D eigenvalue weighted by Gasteiger charge is 2.26. The van der Waals surface area contributed by atoms with E-state index in [1.807, 2.05) is 36.4 Å². The Labute approximate surface area is 207 Å². The molecule has 2 aromatic carbocycles. The summed E-state index contributed by atoms with van der Waals surface area (Å²) in [6, 6.07) is 13.7. The third-order valence-corrected chi connectivity index (χ3v) is 6.21. The van der Waals surface area contributed by atoms with E-state index in [0.717, 1.165) is 17.5 Å². The van der Waals surface area contributed by atoms with Gasteiger partial charge >= 0.3 is 5.97 Å². The first-order valence-electron chi connectivity index (χ1n) is 12.1. The Hall–Kier alpha value is -3.10. The van der Waals surface area contributed by atoms with Crippen molar-refractivity contribution in [2.75, 3.05) is 13.7 Å². The number of methoxy groups -OCH3 is 1. The molecule has 3 unspecified atom stereocenters. The first kappa shape index (κ1) is 28.1. The highest BCUT2D eigenvalue weighted by molar-refractivity contribution is 5.86. The van der Waals surface area contributed by atoms with Crippen molar-refractivity contribution in [2.45, 2.75) is 70.1 Å². The number of aliphatic carboxylic acids is 1. The van der Waals surface area contributed by atoms with Gasteiger partial charge in [-0.1, -0.05) is 43.3 Å². The first-order chi connectivity index (χ1) is 16.7. The van der Waals surface area contributed by atoms with E-state index in [4.69, 9.17) is 4.74 Å². The maximum Gasteiger partial charge on any atom is 0.305 e. The van der Waals surface area contributed by atoms with Crippen LogP contribution in [0.3, 0.4) is 0 Å². The summed E-state index contributed by atoms with van der Waals surface area (Å²) in [6.45, 7) is 4.21. The highest BCUT2D eigenvalue weighted by atomic mass is 16.5. The van der Waals surface area contributed by atoms with Gasteiger partial charge in [0.05, 0.1) is 31.7 Å². The number of carboxylic acid groups (broad SMARTS) is 1. The zero-order valence-electron chi connectivity index (χ0n) is 20.7. The van der Waals surface area contributed by atoms with Crippen molar-refractivity contribution in [1.29, 1.82) is 0 Å². The Morgan fingerprint density at radius 2 is 1.83 bits per heavy atom. The minimum atomic E-state index is -1.08. The van der Waals surface area contributed by atoms with Crippen LogP contribution in [-0.4, -0.2) is 59.0 Å². The Balaban J connectivity index is 1.87. The van der Waals surface area contributed by atoms with Gasteiger partial charge in [-0.25, -0.2) is 0 Å². The molecule has 192 valence electrons. The molecular weight excluding hydrogens is 448 g/mol. The number of carbonyl (C=O) groups excluding carboxylic acids is 1. The molecule has 0 bridgehead atoms. The van der Waals surface area contributed by atoms with E-state index in [1.165, 1.54) is 7.11 Å². The lowest BCUT2D eigenvalue weighted by molar-refractivity contribution is -0.140. The van der Waals surface area contributed by atoms with Crippen molar-refractivity contribution in [1.82, 2.24) is 10.6 Å². The molecule has 0 aliphatic carbocycles. The summed E-state index contributed by atoms with van der Waals surface area (Å²) >= 11 is 0. The molecule has 2 aromatic rings. The summed E-state index contributed by atoms with van der Waals surface area (Å²) in [5.41, 5.74) is 2.05. The van der Waals surface area contributed by atoms with Crippen LogP contribution < -0.4 is 15.4 Å². The number of hydrogen-bond acceptors (Lipinski definition) is 6. The lowest BCUT2D eigenvalue weighted by atomic mass is 9.89. The summed E-state index contributed by atoms with van der Waals surface area (Å²) < 4.78 is 5.04. The number of carboxylic acids is 1. The zero-order chi connectivity index (χ0) is 25.8. The zero-order valence-corrected chi connectivity index (χ0v) is 20.7. The van der Waals surface area contributed by atoms with Gasteiger partial charge in [0.1, 0.15) is 0 Å². The SMILES string of the molecule is CCC(CC(O)C(C)NC(=O)[C@H](CC(=O)O)NCCCc1ccc(OC)c(O)c1)c1ccccc1. The number of phenolic OH excluding ortho intramolecular Hbond substituents is 1. The molecule has 0 fully saturated rings. The Bertz CT molecular complexity index is 937. The summed E-state index contributed by atoms with van der Waals surface area (Å²) in [5.74, 6) is -0.910. The van der Waals surface area contributed by atoms with E-state index in [-0.39, 0.29) is 18.1 Å². The largest absolute Gasteiger partial charge is 0.504 e. The van der Waals surface area contributed by atoms with Gasteiger partial charge in [0.25, 0.3) is 0 Å². The van der Waals surface area contributed by atoms with E-state index < -0.39 is 30.1 Å². The summed E-state index contributed by atoms with van der Waals surface area (Å²) in [6.07, 6.45) is 1.50. The number of phenols is 1. The molecule has 0 aliphatic rings. The van der Waals surface area contributed by atoms with Gasteiger partial charge in [0, 0.05) is 0 Å². The second kappa shape index (κ2) is 14.3. The van der Waals surface area contributed by atoms with E-state index in [0.29, 0.717) is 31.6 Å². The number of amides is 1. The van der Waals surface area contributed by atoms with Crippen LogP contribution in [0.25, 0.3) is 0 Å². The molecule has 0 saturated carbocycles. The molecule has 8 nitrogen and oxygen atoms in total. The van der Waals surface area contributed by atoms with Crippen molar-refractivity contribution in [3.8, 4) is 11.5 Å². The third kappa shape index (κ3) is 9.22. The van der Waals surface area contributed by atoms with Gasteiger partial charge in [-0.2, -0.15) is 0 Å². The second-order valence-corrected chi connectivity index (χ2v) is 8.83. The average Bonchev–Trinajstić information content (AvgIpc) is 2.84. The predicted molar refractivity (Wildman–Crippen MR) is 135 cm³/mol. The molecule has 35 heavy (non-hydrogen) atoms. The van der Waals surface area contributed by atoms with E-state index in [9.17, 15) is 24.9 Å². The van der Waals surface area contributed by atoms with Gasteiger partial charge in [0.2, 0.25) is 5.91 Å². The number of ether oxygens (including phenoxy) is 1. The standard InChI is InChI=1S/C27H38N2O6/c1-4-20(21-10-6-5-7-11-21)16-23(30)18(2)29-27(34)22(17-26(32)33)28-14-8-9-19-12-13-25(35-3)24(31)15-19/h5-7,10-13,15,18,20,22-23,28,30-31H,4,8-9,14,16-17H2,1-3H3,(H,29,34)(H,32,33)/t18?,20?,22-,23?/m0/s1. The number of rotatable bonds is 15. The lowest BCUT2D eigenvalue weighted by Crippen LogP contribution is -2.51. The van der Waals surface area contributed by atoms with Gasteiger partial charge < -0.3 is 30.7 Å². The van der Waals surface area contributed by atoms with Crippen molar-refractivity contribution in [3.63, 3.8) is 0 Å². The molecule has 2 rings (SSSR count). The molecule has 0 spiro atoms. The summed E-state index contributed by atoms with van der Waals surface area (Å²) in [7, 11) is 1.48. The molecule has 8 heteroatoms. The number of benzene rings is 2. The highest BCUT2D eigenvalue weighted by Crippen LogP contribution is 2.27. The topological polar surface area (TPSA) is 128 Å². The summed E-state index contributed by atoms with van der Waals surface area (Å²) in [5, 5.41) is 35.7. The first-order valence-corrected chi connectivity index (χ1v) is 12.1. The Kier molecular flexibility index (Phi) is 11.5. The van der Waals surface area contributed by atoms with Crippen molar-refractivity contribution in [3.05, 3.63) is 59.7 Å². The number of nitrogens with one attached hydrogen (secondary N) is 2. The smallest absolute Gasteiger partial charge is 0.305 e. The van der Waals surface area contributed by atoms with Crippen LogP contribution in [0.15, 0.2) is 48.5 Å². The van der Waals surface area contributed by atoms with Gasteiger partial charge in [0.15, 0.2) is 11.5 Å². The molecule has 0 aliphatic heterocycles. The van der Waals surface area contributed by atoms with Crippen LogP contribution in [0, 0.1) is 0 Å². The number of aromatic hydroxyl groups is 1. The molecule has 0 radical (unpaired) electrons. The monoisotopic (exact) mass is 486 g/mol. The van der Waals surface area contributed by atoms with Crippen molar-refractivity contribution < 1.29 is 29.6 Å². The molecule has 0 saturated heterocycles. The van der Waals surface area contributed by atoms with Gasteiger partial charge in [-0.3, -0.25) is 9.59 Å². The third-order valence-electron chi connectivity index (χ3n) is 6.21. The molecule has 5 N–H and O–H groups in total. The quantitative estimate of drug-likeness (QED) is 0.245.